The Morgan fingerprint density at radius 1 is 0.634 bits per heavy atom. The number of aliphatic hydroxyl groups is 12. The summed E-state index contributed by atoms with van der Waals surface area (Å²) < 4.78 is 49.0. The van der Waals surface area contributed by atoms with E-state index < -0.39 is 206 Å². The molecule has 13 N–H and O–H groups in total. The predicted molar refractivity (Wildman–Crippen MR) is 283 cm³/mol. The van der Waals surface area contributed by atoms with Crippen LogP contribution >= 0.6 is 0 Å². The Kier molecular flexibility index (Phi) is 18.9. The zero-order valence-corrected chi connectivity index (χ0v) is 48.5. The molecule has 0 aromatic heterocycles. The molecule has 3 heterocycles. The molecule has 466 valence electrons. The summed E-state index contributed by atoms with van der Waals surface area (Å²) in [5.41, 5.74) is -5.16. The Labute approximate surface area is 477 Å². The van der Waals surface area contributed by atoms with Crippen molar-refractivity contribution in [1.29, 1.82) is 0 Å². The number of carboxylic acids is 1. The Hall–Kier alpha value is -3.09. The van der Waals surface area contributed by atoms with Gasteiger partial charge in [0.15, 0.2) is 31.1 Å². The highest BCUT2D eigenvalue weighted by atomic mass is 16.8. The van der Waals surface area contributed by atoms with Crippen LogP contribution < -0.4 is 0 Å². The number of ether oxygens (including phenoxy) is 8. The SMILES string of the molecule is C/C=C(/C)C(=O)O[C@H]1[C@H](OC(=O)/C(C)=C\C)C2(CO)C(CC1(C)C)C1=CCC3[C@@]4(C)CC[C@H](O[C@@H]5OC(C(=O)O)[C@@H](O)[C@@H](O[C@@H]6O[C@@H](CO)C(O)C6O)CC5O[C@@H]5OC(CO)[C@H](O)C(O)C5O)[C@](C)(CO)C4CC[C@@]3(C)[C@]1(C)[C@@H](O)[C@H]2O. The average Bonchev–Trinajstić information content (AvgIpc) is 0.849. The minimum atomic E-state index is -2.15. The quantitative estimate of drug-likeness (QED) is 0.0565. The number of carboxylic acid groups (broad SMARTS) is 1. The molecular formula is C58H90O24. The highest BCUT2D eigenvalue weighted by molar-refractivity contribution is 5.89. The third-order valence-electron chi connectivity index (χ3n) is 21.8. The Morgan fingerprint density at radius 3 is 1.72 bits per heavy atom. The van der Waals surface area contributed by atoms with E-state index in [0.717, 1.165) is 5.57 Å². The average molecular weight is 1170 g/mol. The third kappa shape index (κ3) is 10.3. The van der Waals surface area contributed by atoms with Crippen molar-refractivity contribution < 1.29 is 119 Å². The molecule has 8 aliphatic rings. The number of fused-ring (bicyclic) bond motifs is 7. The molecule has 3 saturated heterocycles. The van der Waals surface area contributed by atoms with Crippen LogP contribution in [0.3, 0.4) is 0 Å². The van der Waals surface area contributed by atoms with E-state index in [1.54, 1.807) is 39.8 Å². The summed E-state index contributed by atoms with van der Waals surface area (Å²) in [4.78, 5) is 40.5. The number of allylic oxidation sites excluding steroid dienone is 3. The van der Waals surface area contributed by atoms with Crippen molar-refractivity contribution in [3.05, 3.63) is 34.9 Å². The van der Waals surface area contributed by atoms with E-state index in [2.05, 4.69) is 19.9 Å². The van der Waals surface area contributed by atoms with Gasteiger partial charge in [0.1, 0.15) is 61.0 Å². The second kappa shape index (κ2) is 23.9. The van der Waals surface area contributed by atoms with Crippen molar-refractivity contribution in [3.8, 4) is 0 Å². The van der Waals surface area contributed by atoms with E-state index in [4.69, 9.17) is 37.9 Å². The van der Waals surface area contributed by atoms with Gasteiger partial charge in [0.05, 0.1) is 56.3 Å². The monoisotopic (exact) mass is 1170 g/mol. The topological polar surface area (TPSA) is 388 Å². The van der Waals surface area contributed by atoms with Crippen molar-refractivity contribution in [1.82, 2.24) is 0 Å². The van der Waals surface area contributed by atoms with Crippen LogP contribution in [0.15, 0.2) is 34.9 Å². The first kappa shape index (κ1) is 64.9. The number of hydrogen-bond donors (Lipinski definition) is 13. The van der Waals surface area contributed by atoms with Gasteiger partial charge in [0.2, 0.25) is 0 Å². The molecule has 5 aliphatic carbocycles. The number of aliphatic hydroxyl groups excluding tert-OH is 12. The Balaban J connectivity index is 1.14. The van der Waals surface area contributed by atoms with Crippen LogP contribution in [0.1, 0.15) is 114 Å². The van der Waals surface area contributed by atoms with E-state index in [9.17, 15) is 80.8 Å². The molecule has 0 aromatic carbocycles. The molecule has 7 fully saturated rings. The lowest BCUT2D eigenvalue weighted by atomic mass is 9.32. The number of carbonyl (C=O) groups excluding carboxylic acids is 2. The number of hydrogen-bond acceptors (Lipinski definition) is 23. The third-order valence-corrected chi connectivity index (χ3v) is 21.8. The summed E-state index contributed by atoms with van der Waals surface area (Å²) >= 11 is 0. The molecule has 82 heavy (non-hydrogen) atoms. The van der Waals surface area contributed by atoms with Gasteiger partial charge in [-0.25, -0.2) is 14.4 Å². The van der Waals surface area contributed by atoms with Gasteiger partial charge < -0.3 is 104 Å². The largest absolute Gasteiger partial charge is 0.479 e. The summed E-state index contributed by atoms with van der Waals surface area (Å²) in [5.74, 6) is -4.43. The highest BCUT2D eigenvalue weighted by Crippen LogP contribution is 2.76. The Bertz CT molecular complexity index is 2430. The van der Waals surface area contributed by atoms with Gasteiger partial charge in [-0.3, -0.25) is 0 Å². The standard InChI is InChI=1S/C58H90O24/c1-11-25(3)48(73)81-45-46(82-49(74)26(4)12-2)58(24-62)28(20-53(45,5)6)27-13-14-34-54(7)17-16-35(55(8,23-61)33(54)15-18-56(34,9)57(27,10)43(69)44(58)70)79-50-30(76-52-41(68)39(66)36(63)31(21-59)77-52)19-29(38(65)42(80-50)47(71)72)75-51-40(67)37(64)32(22-60)78-51/h11-13,28-46,50-52,59-70H,14-24H2,1-10H3,(H,71,72)/b25-11-,26-12-/t28?,29-,30?,31?,32-,33?,34?,35-,36-,37?,38-,39?,40?,41?,42?,43-,44+,45-,46-,50+,51+,52+,54-,55+,56+,57-,58?/m0/s1. The van der Waals surface area contributed by atoms with E-state index in [0.29, 0.717) is 31.3 Å². The molecule has 24 heteroatoms. The van der Waals surface area contributed by atoms with Crippen LogP contribution in [-0.2, 0) is 52.3 Å². The maximum atomic E-state index is 13.9. The van der Waals surface area contributed by atoms with Crippen molar-refractivity contribution in [2.24, 2.45) is 50.2 Å². The van der Waals surface area contributed by atoms with Crippen LogP contribution in [0, 0.1) is 50.2 Å². The van der Waals surface area contributed by atoms with Gasteiger partial charge in [-0.1, -0.05) is 65.3 Å². The van der Waals surface area contributed by atoms with E-state index in [-0.39, 0.29) is 30.3 Å². The molecule has 0 radical (unpaired) electrons. The summed E-state index contributed by atoms with van der Waals surface area (Å²) in [5, 5.41) is 146. The summed E-state index contributed by atoms with van der Waals surface area (Å²) in [6, 6.07) is 0. The zero-order valence-electron chi connectivity index (χ0n) is 48.5. The fourth-order valence-electron chi connectivity index (χ4n) is 16.4. The molecule has 27 atom stereocenters. The number of esters is 2. The number of rotatable bonds is 15. The number of carbonyl (C=O) groups is 3. The first-order valence-corrected chi connectivity index (χ1v) is 28.8. The number of aliphatic carboxylic acids is 1. The van der Waals surface area contributed by atoms with Gasteiger partial charge >= 0.3 is 17.9 Å². The van der Waals surface area contributed by atoms with Gasteiger partial charge in [0.25, 0.3) is 0 Å². The summed E-state index contributed by atoms with van der Waals surface area (Å²) in [7, 11) is 0. The molecule has 8 rings (SSSR count). The second-order valence-electron chi connectivity index (χ2n) is 26.2. The van der Waals surface area contributed by atoms with E-state index in [1.165, 1.54) is 0 Å². The fourth-order valence-corrected chi connectivity index (χ4v) is 16.4. The van der Waals surface area contributed by atoms with Crippen LogP contribution in [0.25, 0.3) is 0 Å². The lowest BCUT2D eigenvalue weighted by Gasteiger charge is -2.73. The van der Waals surface area contributed by atoms with E-state index >= 15 is 0 Å². The van der Waals surface area contributed by atoms with Crippen molar-refractivity contribution in [3.63, 3.8) is 0 Å². The Morgan fingerprint density at radius 2 is 1.18 bits per heavy atom. The van der Waals surface area contributed by atoms with Gasteiger partial charge in [-0.05, 0) is 94.8 Å². The molecule has 0 amide bonds. The van der Waals surface area contributed by atoms with Gasteiger partial charge in [-0.2, -0.15) is 0 Å². The van der Waals surface area contributed by atoms with Crippen molar-refractivity contribution in [2.45, 2.75) is 231 Å². The lowest BCUT2D eigenvalue weighted by molar-refractivity contribution is -0.345. The molecule has 0 bridgehead atoms. The first-order valence-electron chi connectivity index (χ1n) is 28.8. The second-order valence-corrected chi connectivity index (χ2v) is 26.2. The smallest absolute Gasteiger partial charge is 0.335 e. The van der Waals surface area contributed by atoms with Gasteiger partial charge in [0, 0.05) is 33.8 Å². The molecular weight excluding hydrogens is 1080 g/mol. The minimum absolute atomic E-state index is 0.195. The van der Waals surface area contributed by atoms with Crippen molar-refractivity contribution in [2.75, 3.05) is 26.4 Å². The summed E-state index contributed by atoms with van der Waals surface area (Å²) in [6.07, 6.45) is -24.8. The zero-order chi connectivity index (χ0) is 60.7. The minimum Gasteiger partial charge on any atom is -0.479 e. The maximum absolute atomic E-state index is 13.9. The first-order chi connectivity index (χ1) is 38.4. The summed E-state index contributed by atoms with van der Waals surface area (Å²) in [6.45, 7) is 15.5. The molecule has 0 aromatic rings. The van der Waals surface area contributed by atoms with Crippen LogP contribution in [0.5, 0.6) is 0 Å². The molecule has 4 saturated carbocycles. The molecule has 24 nitrogen and oxygen atoms in total. The van der Waals surface area contributed by atoms with Crippen LogP contribution in [-0.4, -0.2) is 227 Å². The fraction of sp³-hybridized carbons (Fsp3) is 0.845. The predicted octanol–water partition coefficient (Wildman–Crippen LogP) is -0.375. The lowest BCUT2D eigenvalue weighted by Crippen LogP contribution is -2.76. The molecule has 0 spiro atoms. The molecule has 11 unspecified atom stereocenters. The van der Waals surface area contributed by atoms with E-state index in [1.807, 2.05) is 27.7 Å². The maximum Gasteiger partial charge on any atom is 0.335 e. The normalized spacial score (nSPS) is 49.5. The molecule has 3 aliphatic heterocycles. The van der Waals surface area contributed by atoms with Crippen LogP contribution in [0.4, 0.5) is 0 Å². The van der Waals surface area contributed by atoms with Crippen molar-refractivity contribution >= 4 is 17.9 Å². The van der Waals surface area contributed by atoms with Crippen LogP contribution in [0.2, 0.25) is 0 Å². The highest BCUT2D eigenvalue weighted by Gasteiger charge is 2.76. The van der Waals surface area contributed by atoms with Gasteiger partial charge in [-0.15, -0.1) is 0 Å².